The number of rotatable bonds is 1. The van der Waals surface area contributed by atoms with Crippen molar-refractivity contribution in [3.05, 3.63) is 54.2 Å². The Balaban J connectivity index is 2.57. The van der Waals surface area contributed by atoms with Gasteiger partial charge < -0.3 is 0 Å². The fourth-order valence-corrected chi connectivity index (χ4v) is 1.17. The lowest BCUT2D eigenvalue weighted by atomic mass is 10.1. The first-order valence-corrected chi connectivity index (χ1v) is 4.06. The minimum Gasteiger partial charge on any atom is -0.246 e. The van der Waals surface area contributed by atoms with Crippen LogP contribution < -0.4 is 0 Å². The number of halogens is 2. The van der Waals surface area contributed by atoms with Crippen molar-refractivity contribution in [1.82, 2.24) is 4.98 Å². The Hall–Kier alpha value is -1.77. The van der Waals surface area contributed by atoms with E-state index in [-0.39, 0.29) is 5.56 Å². The Kier molecular flexibility index (Phi) is 2.23. The molecule has 1 aromatic carbocycles. The van der Waals surface area contributed by atoms with Crippen LogP contribution in [0.1, 0.15) is 0 Å². The van der Waals surface area contributed by atoms with Crippen LogP contribution in [0.5, 0.6) is 0 Å². The first kappa shape index (κ1) is 8.81. The maximum Gasteiger partial charge on any atom is 0.132 e. The van der Waals surface area contributed by atoms with Gasteiger partial charge >= 0.3 is 0 Å². The summed E-state index contributed by atoms with van der Waals surface area (Å²) in [7, 11) is 0. The molecule has 1 heterocycles. The van der Waals surface area contributed by atoms with Gasteiger partial charge in [0.1, 0.15) is 11.6 Å². The smallest absolute Gasteiger partial charge is 0.132 e. The number of aromatic nitrogens is 1. The molecule has 1 nitrogen and oxygen atoms in total. The highest BCUT2D eigenvalue weighted by molar-refractivity contribution is 5.59. The number of nitrogens with zero attached hydrogens (tertiary/aromatic N) is 1. The molecule has 2 aromatic rings. The molecule has 0 N–H and O–H groups in total. The Morgan fingerprint density at radius 1 is 1.14 bits per heavy atom. The molecule has 0 aliphatic carbocycles. The minimum atomic E-state index is -0.488. The second-order valence-corrected chi connectivity index (χ2v) is 2.78. The standard InChI is InChI=1S/C11H6F2N/c12-8-4-5-10(13)9(7-8)11-3-1-2-6-14-11/h1-5,7H. The van der Waals surface area contributed by atoms with Crippen molar-refractivity contribution in [2.75, 3.05) is 0 Å². The van der Waals surface area contributed by atoms with Gasteiger partial charge in [0.05, 0.1) is 11.9 Å². The lowest BCUT2D eigenvalue weighted by Crippen LogP contribution is -1.88. The summed E-state index contributed by atoms with van der Waals surface area (Å²) >= 11 is 0. The van der Waals surface area contributed by atoms with Gasteiger partial charge in [-0.05, 0) is 30.3 Å². The summed E-state index contributed by atoms with van der Waals surface area (Å²) in [5.41, 5.74) is 0.534. The first-order chi connectivity index (χ1) is 6.77. The molecular weight excluding hydrogens is 184 g/mol. The molecule has 0 saturated heterocycles. The highest BCUT2D eigenvalue weighted by Crippen LogP contribution is 2.20. The van der Waals surface area contributed by atoms with Crippen LogP contribution in [0.3, 0.4) is 0 Å². The average molecular weight is 190 g/mol. The zero-order chi connectivity index (χ0) is 9.97. The monoisotopic (exact) mass is 190 g/mol. The zero-order valence-corrected chi connectivity index (χ0v) is 7.17. The molecule has 0 saturated carbocycles. The summed E-state index contributed by atoms with van der Waals surface area (Å²) in [6.45, 7) is 0. The Morgan fingerprint density at radius 2 is 2.00 bits per heavy atom. The Morgan fingerprint density at radius 3 is 2.71 bits per heavy atom. The van der Waals surface area contributed by atoms with Crippen LogP contribution in [-0.2, 0) is 0 Å². The van der Waals surface area contributed by atoms with Crippen LogP contribution >= 0.6 is 0 Å². The Labute approximate surface area is 80.0 Å². The van der Waals surface area contributed by atoms with Crippen LogP contribution in [0, 0.1) is 17.8 Å². The van der Waals surface area contributed by atoms with E-state index in [9.17, 15) is 8.78 Å². The molecule has 0 bridgehead atoms. The van der Waals surface area contributed by atoms with E-state index in [4.69, 9.17) is 0 Å². The average Bonchev–Trinajstić information content (AvgIpc) is 2.23. The summed E-state index contributed by atoms with van der Waals surface area (Å²) in [6, 6.07) is 8.15. The van der Waals surface area contributed by atoms with E-state index < -0.39 is 11.6 Å². The van der Waals surface area contributed by atoms with Crippen molar-refractivity contribution >= 4 is 0 Å². The molecule has 0 unspecified atom stereocenters. The maximum absolute atomic E-state index is 13.2. The fraction of sp³-hybridized carbons (Fsp3) is 0. The van der Waals surface area contributed by atoms with Crippen LogP contribution in [0.2, 0.25) is 0 Å². The largest absolute Gasteiger partial charge is 0.246 e. The molecule has 0 aliphatic rings. The van der Waals surface area contributed by atoms with E-state index in [1.165, 1.54) is 0 Å². The highest BCUT2D eigenvalue weighted by atomic mass is 19.1. The highest BCUT2D eigenvalue weighted by Gasteiger charge is 2.06. The molecule has 1 radical (unpaired) electrons. The SMILES string of the molecule is Fc1ccc(F)c(-c2ccc[c]n2)c1. The van der Waals surface area contributed by atoms with Crippen LogP contribution in [0.25, 0.3) is 11.3 Å². The van der Waals surface area contributed by atoms with Gasteiger partial charge in [-0.2, -0.15) is 0 Å². The summed E-state index contributed by atoms with van der Waals surface area (Å²) in [6.07, 6.45) is 2.57. The molecule has 3 heteroatoms. The molecule has 0 spiro atoms. The van der Waals surface area contributed by atoms with Crippen molar-refractivity contribution < 1.29 is 8.78 Å². The van der Waals surface area contributed by atoms with E-state index in [0.29, 0.717) is 5.69 Å². The third-order valence-corrected chi connectivity index (χ3v) is 1.81. The molecule has 14 heavy (non-hydrogen) atoms. The topological polar surface area (TPSA) is 12.9 Å². The molecule has 0 amide bonds. The molecule has 0 aliphatic heterocycles. The van der Waals surface area contributed by atoms with Gasteiger partial charge in [-0.15, -0.1) is 0 Å². The lowest BCUT2D eigenvalue weighted by molar-refractivity contribution is 0.602. The van der Waals surface area contributed by atoms with Gasteiger partial charge in [-0.1, -0.05) is 6.07 Å². The van der Waals surface area contributed by atoms with Crippen LogP contribution in [-0.4, -0.2) is 4.98 Å². The zero-order valence-electron chi connectivity index (χ0n) is 7.17. The van der Waals surface area contributed by atoms with Gasteiger partial charge in [0.15, 0.2) is 0 Å². The molecule has 2 rings (SSSR count). The second kappa shape index (κ2) is 3.54. The van der Waals surface area contributed by atoms with Crippen LogP contribution in [0.4, 0.5) is 8.78 Å². The van der Waals surface area contributed by atoms with E-state index in [1.54, 1.807) is 18.2 Å². The van der Waals surface area contributed by atoms with E-state index in [1.807, 2.05) is 0 Å². The summed E-state index contributed by atoms with van der Waals surface area (Å²) in [5, 5.41) is 0. The number of pyridine rings is 1. The quantitative estimate of drug-likeness (QED) is 0.673. The third-order valence-electron chi connectivity index (χ3n) is 1.81. The molecule has 0 fully saturated rings. The van der Waals surface area contributed by atoms with Crippen molar-refractivity contribution in [2.45, 2.75) is 0 Å². The van der Waals surface area contributed by atoms with Crippen molar-refractivity contribution in [3.8, 4) is 11.3 Å². The summed E-state index contributed by atoms with van der Waals surface area (Å²) in [5.74, 6) is -0.967. The van der Waals surface area contributed by atoms with Crippen LogP contribution in [0.15, 0.2) is 36.4 Å². The van der Waals surface area contributed by atoms with Crippen molar-refractivity contribution in [1.29, 1.82) is 0 Å². The van der Waals surface area contributed by atoms with Gasteiger partial charge in [0.2, 0.25) is 0 Å². The lowest BCUT2D eigenvalue weighted by Gasteiger charge is -2.01. The van der Waals surface area contributed by atoms with E-state index >= 15 is 0 Å². The van der Waals surface area contributed by atoms with Gasteiger partial charge in [0.25, 0.3) is 0 Å². The number of hydrogen-bond acceptors (Lipinski definition) is 1. The molecule has 1 aromatic heterocycles. The predicted octanol–water partition coefficient (Wildman–Crippen LogP) is 2.83. The first-order valence-electron chi connectivity index (χ1n) is 4.06. The maximum atomic E-state index is 13.2. The van der Waals surface area contributed by atoms with Gasteiger partial charge in [-0.3, -0.25) is 0 Å². The van der Waals surface area contributed by atoms with Gasteiger partial charge in [0, 0.05) is 5.56 Å². The second-order valence-electron chi connectivity index (χ2n) is 2.78. The normalized spacial score (nSPS) is 10.1. The Bertz CT molecular complexity index is 440. The molecule has 69 valence electrons. The predicted molar refractivity (Wildman–Crippen MR) is 48.4 cm³/mol. The minimum absolute atomic E-state index is 0.154. The summed E-state index contributed by atoms with van der Waals surface area (Å²) < 4.78 is 26.1. The van der Waals surface area contributed by atoms with Crippen molar-refractivity contribution in [3.63, 3.8) is 0 Å². The fourth-order valence-electron chi connectivity index (χ4n) is 1.17. The molecule has 0 atom stereocenters. The van der Waals surface area contributed by atoms with Gasteiger partial charge in [-0.25, -0.2) is 13.8 Å². The summed E-state index contributed by atoms with van der Waals surface area (Å²) in [4.78, 5) is 3.82. The number of benzene rings is 1. The van der Waals surface area contributed by atoms with Crippen molar-refractivity contribution in [2.24, 2.45) is 0 Å². The van der Waals surface area contributed by atoms with E-state index in [2.05, 4.69) is 11.2 Å². The van der Waals surface area contributed by atoms with E-state index in [0.717, 1.165) is 18.2 Å². The third kappa shape index (κ3) is 1.62. The molecular formula is C11H6F2N. The number of hydrogen-bond donors (Lipinski definition) is 0.